The molecule has 1 saturated carbocycles. The zero-order chi connectivity index (χ0) is 26.1. The Kier molecular flexibility index (Phi) is 7.16. The van der Waals surface area contributed by atoms with E-state index in [4.69, 9.17) is 9.97 Å². The van der Waals surface area contributed by atoms with Crippen LogP contribution in [0.25, 0.3) is 22.6 Å². The van der Waals surface area contributed by atoms with Gasteiger partial charge < -0.3 is 10.4 Å². The van der Waals surface area contributed by atoms with E-state index in [1.807, 2.05) is 39.2 Å². The van der Waals surface area contributed by atoms with Crippen LogP contribution in [0.2, 0.25) is 0 Å². The van der Waals surface area contributed by atoms with Crippen molar-refractivity contribution >= 4 is 28.7 Å². The summed E-state index contributed by atoms with van der Waals surface area (Å²) in [4.78, 5) is 42.2. The maximum Gasteiger partial charge on any atom is 0.295 e. The predicted octanol–water partition coefficient (Wildman–Crippen LogP) is 4.02. The van der Waals surface area contributed by atoms with Gasteiger partial charge in [-0.05, 0) is 51.5 Å². The average molecular weight is 519 g/mol. The van der Waals surface area contributed by atoms with Gasteiger partial charge in [0.05, 0.1) is 41.5 Å². The lowest BCUT2D eigenvalue weighted by molar-refractivity contribution is 0.278. The van der Waals surface area contributed by atoms with E-state index in [9.17, 15) is 9.90 Å². The fraction of sp³-hybridized carbons (Fsp3) is 0.423. The maximum atomic E-state index is 13.7. The molecule has 4 heterocycles. The fourth-order valence-electron chi connectivity index (χ4n) is 4.31. The van der Waals surface area contributed by atoms with Gasteiger partial charge >= 0.3 is 0 Å². The second-order valence-corrected chi connectivity index (χ2v) is 10.1. The van der Waals surface area contributed by atoms with E-state index >= 15 is 0 Å². The third-order valence-corrected chi connectivity index (χ3v) is 7.43. The minimum atomic E-state index is -0.347. The zero-order valence-electron chi connectivity index (χ0n) is 21.4. The second kappa shape index (κ2) is 10.5. The number of aromatic nitrogens is 7. The van der Waals surface area contributed by atoms with Gasteiger partial charge in [-0.1, -0.05) is 6.92 Å². The van der Waals surface area contributed by atoms with E-state index < -0.39 is 0 Å². The van der Waals surface area contributed by atoms with E-state index in [0.717, 1.165) is 40.4 Å². The highest BCUT2D eigenvalue weighted by molar-refractivity contribution is 7.98. The molecule has 0 aromatic carbocycles. The van der Waals surface area contributed by atoms with Crippen LogP contribution in [-0.4, -0.2) is 45.8 Å². The molecule has 0 amide bonds. The number of hydrogen-bond acceptors (Lipinski definition) is 10. The molecule has 0 aliphatic heterocycles. The number of hydrogen-bond donors (Lipinski definition) is 2. The van der Waals surface area contributed by atoms with E-state index in [2.05, 4.69) is 25.3 Å². The number of aryl methyl sites for hydroxylation is 1. The van der Waals surface area contributed by atoms with Crippen LogP contribution in [0.3, 0.4) is 0 Å². The highest BCUT2D eigenvalue weighted by Gasteiger charge is 2.31. The van der Waals surface area contributed by atoms with E-state index in [-0.39, 0.29) is 24.0 Å². The number of aliphatic hydroxyl groups is 1. The number of nitrogens with one attached hydrogen (secondary N) is 1. The van der Waals surface area contributed by atoms with Crippen LogP contribution in [0, 0.1) is 6.92 Å². The summed E-state index contributed by atoms with van der Waals surface area (Å²) < 4.78 is 1.65. The highest BCUT2D eigenvalue weighted by Crippen LogP contribution is 2.43. The molecule has 1 fully saturated rings. The van der Waals surface area contributed by atoms with Crippen LogP contribution in [0.5, 0.6) is 0 Å². The first-order valence-corrected chi connectivity index (χ1v) is 13.7. The molecule has 4 aromatic heterocycles. The Labute approximate surface area is 219 Å². The van der Waals surface area contributed by atoms with Crippen molar-refractivity contribution in [2.45, 2.75) is 70.0 Å². The van der Waals surface area contributed by atoms with E-state index in [1.54, 1.807) is 28.9 Å². The van der Waals surface area contributed by atoms with E-state index in [1.165, 1.54) is 0 Å². The van der Waals surface area contributed by atoms with Gasteiger partial charge in [-0.25, -0.2) is 24.9 Å². The first-order chi connectivity index (χ1) is 17.9. The molecule has 37 heavy (non-hydrogen) atoms. The Morgan fingerprint density at radius 3 is 2.65 bits per heavy atom. The molecule has 1 aliphatic carbocycles. The molecule has 0 saturated heterocycles. The highest BCUT2D eigenvalue weighted by atomic mass is 32.2. The maximum absolute atomic E-state index is 13.7. The quantitative estimate of drug-likeness (QED) is 0.313. The molecule has 11 heteroatoms. The molecule has 10 nitrogen and oxygen atoms in total. The van der Waals surface area contributed by atoms with Gasteiger partial charge in [0.1, 0.15) is 11.8 Å². The van der Waals surface area contributed by atoms with Crippen LogP contribution in [0.15, 0.2) is 34.3 Å². The number of pyridine rings is 1. The molecule has 0 radical (unpaired) electrons. The predicted molar refractivity (Wildman–Crippen MR) is 144 cm³/mol. The second-order valence-electron chi connectivity index (χ2n) is 9.25. The fourth-order valence-corrected chi connectivity index (χ4v) is 4.68. The molecule has 1 atom stereocenters. The molecular formula is C26H30N8O2S. The Balaban J connectivity index is 1.65. The molecule has 0 unspecified atom stereocenters. The van der Waals surface area contributed by atoms with Gasteiger partial charge in [-0.2, -0.15) is 0 Å². The topological polar surface area (TPSA) is 132 Å². The molecule has 192 valence electrons. The first kappa shape index (κ1) is 25.2. The minimum Gasteiger partial charge on any atom is -0.390 e. The normalized spacial score (nSPS) is 14.2. The van der Waals surface area contributed by atoms with Crippen LogP contribution in [0.4, 0.5) is 5.82 Å². The third-order valence-electron chi connectivity index (χ3n) is 6.72. The molecule has 2 N–H and O–H groups in total. The summed E-state index contributed by atoms with van der Waals surface area (Å²) in [5.74, 6) is 0.940. The molecule has 0 spiro atoms. The van der Waals surface area contributed by atoms with Crippen molar-refractivity contribution in [3.8, 4) is 11.4 Å². The number of rotatable bonds is 9. The minimum absolute atomic E-state index is 0.150. The van der Waals surface area contributed by atoms with Crippen LogP contribution < -0.4 is 10.9 Å². The van der Waals surface area contributed by atoms with Gasteiger partial charge in [0.15, 0.2) is 17.3 Å². The first-order valence-electron chi connectivity index (χ1n) is 12.4. The van der Waals surface area contributed by atoms with Gasteiger partial charge in [0.2, 0.25) is 0 Å². The van der Waals surface area contributed by atoms with Crippen molar-refractivity contribution in [1.29, 1.82) is 0 Å². The van der Waals surface area contributed by atoms with Crippen LogP contribution in [-0.2, 0) is 13.2 Å². The van der Waals surface area contributed by atoms with Crippen molar-refractivity contribution in [1.82, 2.24) is 34.5 Å². The lowest BCUT2D eigenvalue weighted by Gasteiger charge is -2.19. The van der Waals surface area contributed by atoms with Crippen molar-refractivity contribution in [3.63, 3.8) is 0 Å². The molecule has 4 aromatic rings. The van der Waals surface area contributed by atoms with Gasteiger partial charge in [0.25, 0.3) is 5.56 Å². The Morgan fingerprint density at radius 1 is 1.19 bits per heavy atom. The Bertz CT molecular complexity index is 1500. The zero-order valence-corrected chi connectivity index (χ0v) is 22.2. The van der Waals surface area contributed by atoms with Gasteiger partial charge in [-0.3, -0.25) is 14.3 Å². The summed E-state index contributed by atoms with van der Waals surface area (Å²) >= 11 is 1.62. The Hall–Kier alpha value is -3.44. The summed E-state index contributed by atoms with van der Waals surface area (Å²) in [5.41, 5.74) is 4.10. The number of aliphatic hydroxyl groups excluding tert-OH is 1. The SMILES string of the molecule is CC[C@@H](C)n1c(=O)c(NCc2ccc(SC)cn2)nc2c(CO)nc(-c3c(C)ncnc3C3CC3)nc21. The lowest BCUT2D eigenvalue weighted by atomic mass is 10.1. The van der Waals surface area contributed by atoms with Crippen molar-refractivity contribution < 1.29 is 5.11 Å². The number of nitrogens with zero attached hydrogens (tertiary/aromatic N) is 7. The van der Waals surface area contributed by atoms with Crippen molar-refractivity contribution in [2.75, 3.05) is 11.6 Å². The molecule has 5 rings (SSSR count). The van der Waals surface area contributed by atoms with Gasteiger partial charge in [0, 0.05) is 23.1 Å². The number of anilines is 1. The van der Waals surface area contributed by atoms with Crippen molar-refractivity contribution in [3.05, 3.63) is 57.8 Å². The van der Waals surface area contributed by atoms with Crippen molar-refractivity contribution in [2.24, 2.45) is 0 Å². The number of thioether (sulfide) groups is 1. The van der Waals surface area contributed by atoms with Crippen LogP contribution in [0.1, 0.15) is 67.8 Å². The van der Waals surface area contributed by atoms with Crippen LogP contribution >= 0.6 is 11.8 Å². The summed E-state index contributed by atoms with van der Waals surface area (Å²) in [6, 6.07) is 3.76. The standard InChI is InChI=1S/C26H30N8O2S/c1-5-14(2)34-25-22(32-24(26(34)36)28-10-17-8-9-18(37-4)11-27-17)19(12-35)31-23(33-25)20-15(3)29-13-30-21(20)16-6-7-16/h8-9,11,13-14,16,35H,5-7,10,12H2,1-4H3,(H,28,32)/t14-/m1/s1. The monoisotopic (exact) mass is 518 g/mol. The molecule has 1 aliphatic rings. The summed E-state index contributed by atoms with van der Waals surface area (Å²) in [6.07, 6.45) is 8.21. The lowest BCUT2D eigenvalue weighted by Crippen LogP contribution is -2.29. The Morgan fingerprint density at radius 2 is 2.00 bits per heavy atom. The summed E-state index contributed by atoms with van der Waals surface area (Å²) in [5, 5.41) is 13.4. The average Bonchev–Trinajstić information content (AvgIpc) is 3.77. The largest absolute Gasteiger partial charge is 0.390 e. The van der Waals surface area contributed by atoms with E-state index in [0.29, 0.717) is 41.6 Å². The third kappa shape index (κ3) is 4.93. The van der Waals surface area contributed by atoms with Gasteiger partial charge in [-0.15, -0.1) is 11.8 Å². The summed E-state index contributed by atoms with van der Waals surface area (Å²) in [6.45, 7) is 5.88. The smallest absolute Gasteiger partial charge is 0.295 e. The molecular weight excluding hydrogens is 488 g/mol. The number of fused-ring (bicyclic) bond motifs is 1. The molecule has 0 bridgehead atoms. The summed E-state index contributed by atoms with van der Waals surface area (Å²) in [7, 11) is 0.